The predicted molar refractivity (Wildman–Crippen MR) is 124 cm³/mol. The Morgan fingerprint density at radius 3 is 2.42 bits per heavy atom. The van der Waals surface area contributed by atoms with Crippen LogP contribution in [0.3, 0.4) is 0 Å². The molecule has 1 N–H and O–H groups in total. The number of hydrogen-bond acceptors (Lipinski definition) is 5. The molecule has 0 unspecified atom stereocenters. The van der Waals surface area contributed by atoms with Gasteiger partial charge in [-0.25, -0.2) is 14.5 Å². The normalized spacial score (nSPS) is 14.9. The summed E-state index contributed by atoms with van der Waals surface area (Å²) in [5.74, 6) is 2.15. The molecule has 2 aromatic carbocycles. The van der Waals surface area contributed by atoms with Crippen molar-refractivity contribution in [2.45, 2.75) is 26.2 Å². The molecule has 1 saturated heterocycles. The van der Waals surface area contributed by atoms with Crippen molar-refractivity contribution in [2.24, 2.45) is 0 Å². The van der Waals surface area contributed by atoms with Gasteiger partial charge in [-0.1, -0.05) is 38.1 Å². The van der Waals surface area contributed by atoms with E-state index in [0.717, 1.165) is 62.1 Å². The van der Waals surface area contributed by atoms with Crippen molar-refractivity contribution in [1.29, 1.82) is 0 Å². The molecule has 3 aromatic rings. The van der Waals surface area contributed by atoms with E-state index in [4.69, 9.17) is 4.74 Å². The van der Waals surface area contributed by atoms with E-state index >= 15 is 0 Å². The smallest absolute Gasteiger partial charge is 0.347 e. The molecule has 0 spiro atoms. The second-order valence-corrected chi connectivity index (χ2v) is 8.28. The summed E-state index contributed by atoms with van der Waals surface area (Å²) in [5.41, 5.74) is 3.08. The number of anilines is 1. The number of hydrogen-bond donors (Lipinski definition) is 1. The third-order valence-corrected chi connectivity index (χ3v) is 6.01. The molecular weight excluding hydrogens is 390 g/mol. The lowest BCUT2D eigenvalue weighted by atomic mass is 10.0. The van der Waals surface area contributed by atoms with Crippen LogP contribution in [0.15, 0.2) is 53.3 Å². The Bertz CT molecular complexity index is 1050. The number of para-hydroxylation sites is 2. The summed E-state index contributed by atoms with van der Waals surface area (Å²) in [5, 5.41) is 6.91. The van der Waals surface area contributed by atoms with Crippen LogP contribution in [0.1, 0.15) is 31.2 Å². The molecule has 164 valence electrons. The number of aromatic nitrogens is 3. The first-order valence-electron chi connectivity index (χ1n) is 10.9. The van der Waals surface area contributed by atoms with Crippen LogP contribution >= 0.6 is 0 Å². The fourth-order valence-corrected chi connectivity index (χ4v) is 4.13. The number of ether oxygens (including phenoxy) is 1. The van der Waals surface area contributed by atoms with Gasteiger partial charge in [0.15, 0.2) is 0 Å². The Labute approximate surface area is 183 Å². The van der Waals surface area contributed by atoms with Crippen LogP contribution in [0.25, 0.3) is 5.69 Å². The third-order valence-electron chi connectivity index (χ3n) is 6.01. The highest BCUT2D eigenvalue weighted by molar-refractivity contribution is 5.58. The van der Waals surface area contributed by atoms with Gasteiger partial charge in [0.25, 0.3) is 0 Å². The van der Waals surface area contributed by atoms with Gasteiger partial charge in [0.2, 0.25) is 0 Å². The minimum Gasteiger partial charge on any atom is -0.495 e. The summed E-state index contributed by atoms with van der Waals surface area (Å²) < 4.78 is 7.20. The van der Waals surface area contributed by atoms with Crippen molar-refractivity contribution in [1.82, 2.24) is 19.7 Å². The number of nitrogens with one attached hydrogen (secondary N) is 1. The molecule has 7 nitrogen and oxygen atoms in total. The van der Waals surface area contributed by atoms with E-state index in [0.29, 0.717) is 5.92 Å². The van der Waals surface area contributed by atoms with Gasteiger partial charge in [0, 0.05) is 39.1 Å². The topological polar surface area (TPSA) is 66.4 Å². The first-order chi connectivity index (χ1) is 15.1. The van der Waals surface area contributed by atoms with Gasteiger partial charge in [-0.05, 0) is 35.7 Å². The fraction of sp³-hybridized carbons (Fsp3) is 0.417. The highest BCUT2D eigenvalue weighted by Gasteiger charge is 2.20. The fourth-order valence-electron chi connectivity index (χ4n) is 4.13. The second-order valence-electron chi connectivity index (χ2n) is 8.28. The van der Waals surface area contributed by atoms with Gasteiger partial charge in [-0.15, -0.1) is 0 Å². The van der Waals surface area contributed by atoms with E-state index < -0.39 is 0 Å². The maximum atomic E-state index is 12.4. The van der Waals surface area contributed by atoms with Crippen molar-refractivity contribution in [3.63, 3.8) is 0 Å². The number of benzene rings is 2. The van der Waals surface area contributed by atoms with Crippen molar-refractivity contribution in [3.05, 3.63) is 70.4 Å². The van der Waals surface area contributed by atoms with Crippen LogP contribution in [-0.4, -0.2) is 59.5 Å². The summed E-state index contributed by atoms with van der Waals surface area (Å²) in [4.78, 5) is 17.2. The van der Waals surface area contributed by atoms with Gasteiger partial charge in [-0.2, -0.15) is 5.10 Å². The maximum Gasteiger partial charge on any atom is 0.347 e. The van der Waals surface area contributed by atoms with Crippen molar-refractivity contribution in [3.8, 4) is 11.4 Å². The monoisotopic (exact) mass is 421 g/mol. The Morgan fingerprint density at radius 1 is 1.03 bits per heavy atom. The van der Waals surface area contributed by atoms with Gasteiger partial charge >= 0.3 is 5.69 Å². The summed E-state index contributed by atoms with van der Waals surface area (Å²) in [6, 6.07) is 16.3. The van der Waals surface area contributed by atoms with E-state index in [1.54, 1.807) is 11.7 Å². The number of rotatable bonds is 7. The maximum absolute atomic E-state index is 12.4. The van der Waals surface area contributed by atoms with E-state index in [9.17, 15) is 4.79 Å². The lowest BCUT2D eigenvalue weighted by molar-refractivity contribution is 0.258. The van der Waals surface area contributed by atoms with Crippen molar-refractivity contribution < 1.29 is 4.74 Å². The Morgan fingerprint density at radius 2 is 1.74 bits per heavy atom. The van der Waals surface area contributed by atoms with E-state index in [1.165, 1.54) is 5.56 Å². The number of methoxy groups -OCH3 is 1. The molecule has 2 heterocycles. The van der Waals surface area contributed by atoms with Gasteiger partial charge in [0.1, 0.15) is 11.6 Å². The van der Waals surface area contributed by atoms with Gasteiger partial charge < -0.3 is 9.64 Å². The first kappa shape index (κ1) is 21.2. The molecule has 1 aliphatic rings. The van der Waals surface area contributed by atoms with Crippen LogP contribution in [-0.2, 0) is 6.42 Å². The summed E-state index contributed by atoms with van der Waals surface area (Å²) in [7, 11) is 1.72. The SMILES string of the molecule is COc1ccccc1N1CCN(CCc2n[nH]c(=O)n2-c2ccc(C(C)C)cc2)CC1. The van der Waals surface area contributed by atoms with E-state index in [1.807, 2.05) is 24.3 Å². The standard InChI is InChI=1S/C24H31N5O2/c1-18(2)19-8-10-20(11-9-19)29-23(25-26-24(29)30)12-13-27-14-16-28(17-15-27)21-6-4-5-7-22(21)31-3/h4-11,18H,12-17H2,1-3H3,(H,26,30). The molecule has 0 saturated carbocycles. The van der Waals surface area contributed by atoms with Crippen LogP contribution in [0.4, 0.5) is 5.69 Å². The lowest BCUT2D eigenvalue weighted by Crippen LogP contribution is -2.47. The zero-order valence-corrected chi connectivity index (χ0v) is 18.5. The third kappa shape index (κ3) is 4.66. The number of H-pyrrole nitrogens is 1. The van der Waals surface area contributed by atoms with Crippen molar-refractivity contribution >= 4 is 5.69 Å². The summed E-state index contributed by atoms with van der Waals surface area (Å²) >= 11 is 0. The minimum absolute atomic E-state index is 0.187. The minimum atomic E-state index is -0.187. The lowest BCUT2D eigenvalue weighted by Gasteiger charge is -2.36. The summed E-state index contributed by atoms with van der Waals surface area (Å²) in [6.07, 6.45) is 0.722. The van der Waals surface area contributed by atoms with Gasteiger partial charge in [-0.3, -0.25) is 4.90 Å². The average Bonchev–Trinajstić information content (AvgIpc) is 3.18. The van der Waals surface area contributed by atoms with E-state index in [2.05, 4.69) is 58.1 Å². The second kappa shape index (κ2) is 9.39. The molecule has 1 aromatic heterocycles. The largest absolute Gasteiger partial charge is 0.495 e. The van der Waals surface area contributed by atoms with Crippen molar-refractivity contribution in [2.75, 3.05) is 44.7 Å². The van der Waals surface area contributed by atoms with Crippen LogP contribution in [0.5, 0.6) is 5.75 Å². The predicted octanol–water partition coefficient (Wildman–Crippen LogP) is 3.06. The van der Waals surface area contributed by atoms with Crippen LogP contribution in [0.2, 0.25) is 0 Å². The molecule has 1 fully saturated rings. The number of nitrogens with zero attached hydrogens (tertiary/aromatic N) is 4. The van der Waals surface area contributed by atoms with E-state index in [-0.39, 0.29) is 5.69 Å². The van der Waals surface area contributed by atoms with Gasteiger partial charge in [0.05, 0.1) is 18.5 Å². The average molecular weight is 422 g/mol. The Kier molecular flexibility index (Phi) is 6.42. The molecule has 7 heteroatoms. The first-order valence-corrected chi connectivity index (χ1v) is 10.9. The molecule has 0 atom stereocenters. The Balaban J connectivity index is 1.38. The molecule has 1 aliphatic heterocycles. The highest BCUT2D eigenvalue weighted by atomic mass is 16.5. The van der Waals surface area contributed by atoms with Crippen LogP contribution < -0.4 is 15.3 Å². The Hall–Kier alpha value is -3.06. The number of piperazine rings is 1. The molecule has 31 heavy (non-hydrogen) atoms. The molecule has 0 bridgehead atoms. The molecular formula is C24H31N5O2. The zero-order valence-electron chi connectivity index (χ0n) is 18.5. The summed E-state index contributed by atoms with van der Waals surface area (Å²) in [6.45, 7) is 9.03. The molecule has 0 aliphatic carbocycles. The highest BCUT2D eigenvalue weighted by Crippen LogP contribution is 2.28. The molecule has 4 rings (SSSR count). The molecule has 0 radical (unpaired) electrons. The zero-order chi connectivity index (χ0) is 21.8. The van der Waals surface area contributed by atoms with Crippen LogP contribution in [0, 0.1) is 0 Å². The number of aromatic amines is 1. The molecule has 0 amide bonds. The quantitative estimate of drug-likeness (QED) is 0.635.